The van der Waals surface area contributed by atoms with Crippen LogP contribution in [0.5, 0.6) is 11.5 Å². The predicted octanol–water partition coefficient (Wildman–Crippen LogP) is 3.53. The maximum atomic E-state index is 11.4. The average molecular weight is 302 g/mol. The molecule has 22 heavy (non-hydrogen) atoms. The Labute approximate surface area is 131 Å². The molecule has 0 bridgehead atoms. The summed E-state index contributed by atoms with van der Waals surface area (Å²) < 4.78 is 16.4. The number of carbonyl (C=O) groups excluding carboxylic acids is 1. The molecule has 0 amide bonds. The molecule has 0 heterocycles. The van der Waals surface area contributed by atoms with E-state index in [9.17, 15) is 4.79 Å². The SMILES string of the molecule is C=CC(=O)O[C@@H](C=C)[C@H](C=C)Oc1ccc(OC)c(C)c1C. The van der Waals surface area contributed by atoms with Crippen molar-refractivity contribution in [1.82, 2.24) is 0 Å². The van der Waals surface area contributed by atoms with Crippen molar-refractivity contribution in [1.29, 1.82) is 0 Å². The lowest BCUT2D eigenvalue weighted by Crippen LogP contribution is -2.32. The van der Waals surface area contributed by atoms with Gasteiger partial charge >= 0.3 is 5.97 Å². The summed E-state index contributed by atoms with van der Waals surface area (Å²) in [5.41, 5.74) is 1.94. The maximum Gasteiger partial charge on any atom is 0.330 e. The third-order valence-electron chi connectivity index (χ3n) is 3.38. The fourth-order valence-electron chi connectivity index (χ4n) is 1.95. The van der Waals surface area contributed by atoms with E-state index in [1.54, 1.807) is 13.2 Å². The monoisotopic (exact) mass is 302 g/mol. The number of carbonyl (C=O) groups is 1. The van der Waals surface area contributed by atoms with Gasteiger partial charge in [0, 0.05) is 6.08 Å². The van der Waals surface area contributed by atoms with E-state index in [1.165, 1.54) is 6.08 Å². The third-order valence-corrected chi connectivity index (χ3v) is 3.38. The summed E-state index contributed by atoms with van der Waals surface area (Å²) in [6.45, 7) is 14.7. The first-order valence-electron chi connectivity index (χ1n) is 6.87. The van der Waals surface area contributed by atoms with Gasteiger partial charge in [-0.15, -0.1) is 0 Å². The van der Waals surface area contributed by atoms with Crippen LogP contribution in [0.15, 0.2) is 50.1 Å². The molecule has 0 aliphatic rings. The predicted molar refractivity (Wildman–Crippen MR) is 87.4 cm³/mol. The molecule has 1 rings (SSSR count). The molecule has 0 radical (unpaired) electrons. The molecule has 0 unspecified atom stereocenters. The van der Waals surface area contributed by atoms with Gasteiger partial charge in [-0.05, 0) is 49.3 Å². The zero-order chi connectivity index (χ0) is 16.7. The van der Waals surface area contributed by atoms with Crippen molar-refractivity contribution in [3.63, 3.8) is 0 Å². The van der Waals surface area contributed by atoms with Crippen LogP contribution in [0.2, 0.25) is 0 Å². The van der Waals surface area contributed by atoms with Crippen molar-refractivity contribution in [2.24, 2.45) is 0 Å². The van der Waals surface area contributed by atoms with Crippen molar-refractivity contribution < 1.29 is 19.0 Å². The largest absolute Gasteiger partial charge is 0.496 e. The quantitative estimate of drug-likeness (QED) is 0.418. The van der Waals surface area contributed by atoms with Gasteiger partial charge < -0.3 is 14.2 Å². The van der Waals surface area contributed by atoms with E-state index in [-0.39, 0.29) is 0 Å². The van der Waals surface area contributed by atoms with Crippen LogP contribution in [0, 0.1) is 13.8 Å². The van der Waals surface area contributed by atoms with Gasteiger partial charge in [-0.25, -0.2) is 4.79 Å². The van der Waals surface area contributed by atoms with Crippen molar-refractivity contribution in [3.05, 3.63) is 61.2 Å². The molecule has 1 aromatic carbocycles. The molecule has 0 saturated heterocycles. The maximum absolute atomic E-state index is 11.4. The summed E-state index contributed by atoms with van der Waals surface area (Å²) in [4.78, 5) is 11.4. The molecular formula is C18H22O4. The highest BCUT2D eigenvalue weighted by Gasteiger charge is 2.22. The van der Waals surface area contributed by atoms with Crippen LogP contribution >= 0.6 is 0 Å². The van der Waals surface area contributed by atoms with Gasteiger partial charge in [-0.3, -0.25) is 0 Å². The summed E-state index contributed by atoms with van der Waals surface area (Å²) >= 11 is 0. The van der Waals surface area contributed by atoms with E-state index in [1.807, 2.05) is 26.0 Å². The topological polar surface area (TPSA) is 44.8 Å². The van der Waals surface area contributed by atoms with E-state index in [0.717, 1.165) is 23.0 Å². The van der Waals surface area contributed by atoms with Crippen LogP contribution in [0.1, 0.15) is 11.1 Å². The fraction of sp³-hybridized carbons (Fsp3) is 0.278. The molecule has 4 nitrogen and oxygen atoms in total. The van der Waals surface area contributed by atoms with E-state index in [2.05, 4.69) is 19.7 Å². The average Bonchev–Trinajstić information content (AvgIpc) is 2.54. The number of esters is 1. The number of hydrogen-bond donors (Lipinski definition) is 0. The lowest BCUT2D eigenvalue weighted by atomic mass is 10.1. The minimum absolute atomic E-state index is 0.539. The second-order valence-corrected chi connectivity index (χ2v) is 4.68. The Kier molecular flexibility index (Phi) is 6.45. The number of rotatable bonds is 8. The van der Waals surface area contributed by atoms with Crippen molar-refractivity contribution in [2.45, 2.75) is 26.1 Å². The third kappa shape index (κ3) is 4.01. The molecule has 1 aromatic rings. The van der Waals surface area contributed by atoms with Crippen LogP contribution in [-0.2, 0) is 9.53 Å². The Hall–Kier alpha value is -2.49. The smallest absolute Gasteiger partial charge is 0.330 e. The van der Waals surface area contributed by atoms with E-state index in [0.29, 0.717) is 5.75 Å². The number of benzene rings is 1. The number of methoxy groups -OCH3 is 1. The fourth-order valence-corrected chi connectivity index (χ4v) is 1.95. The van der Waals surface area contributed by atoms with Crippen LogP contribution in [0.4, 0.5) is 0 Å². The Morgan fingerprint density at radius 3 is 2.09 bits per heavy atom. The summed E-state index contributed by atoms with van der Waals surface area (Å²) in [7, 11) is 1.62. The second kappa shape index (κ2) is 8.08. The standard InChI is InChI=1S/C18H22O4/c1-7-14(15(8-2)22-18(19)9-3)21-17-11-10-16(20-6)12(4)13(17)5/h7-11,14-15H,1-3H2,4-6H3/t14-,15-/m0/s1. The van der Waals surface area contributed by atoms with Crippen molar-refractivity contribution >= 4 is 5.97 Å². The zero-order valence-electron chi connectivity index (χ0n) is 13.3. The van der Waals surface area contributed by atoms with E-state index < -0.39 is 18.2 Å². The first-order valence-corrected chi connectivity index (χ1v) is 6.87. The first kappa shape index (κ1) is 17.6. The summed E-state index contributed by atoms with van der Waals surface area (Å²) in [5, 5.41) is 0. The lowest BCUT2D eigenvalue weighted by molar-refractivity contribution is -0.143. The van der Waals surface area contributed by atoms with Crippen LogP contribution < -0.4 is 9.47 Å². The van der Waals surface area contributed by atoms with E-state index >= 15 is 0 Å². The van der Waals surface area contributed by atoms with Crippen molar-refractivity contribution in [3.8, 4) is 11.5 Å². The van der Waals surface area contributed by atoms with Gasteiger partial charge in [0.15, 0.2) is 12.2 Å². The molecule has 118 valence electrons. The molecule has 0 aromatic heterocycles. The summed E-state index contributed by atoms with van der Waals surface area (Å²) in [5.74, 6) is 0.922. The highest BCUT2D eigenvalue weighted by molar-refractivity contribution is 5.81. The van der Waals surface area contributed by atoms with E-state index in [4.69, 9.17) is 14.2 Å². The van der Waals surface area contributed by atoms with Gasteiger partial charge in [0.1, 0.15) is 11.5 Å². The number of hydrogen-bond acceptors (Lipinski definition) is 4. The molecule has 0 saturated carbocycles. The van der Waals surface area contributed by atoms with Gasteiger partial charge in [-0.2, -0.15) is 0 Å². The van der Waals surface area contributed by atoms with Gasteiger partial charge in [-0.1, -0.05) is 19.7 Å². The molecule has 0 N–H and O–H groups in total. The first-order chi connectivity index (χ1) is 10.5. The second-order valence-electron chi connectivity index (χ2n) is 4.68. The molecule has 0 fully saturated rings. The Morgan fingerprint density at radius 2 is 1.59 bits per heavy atom. The molecule has 0 aliphatic heterocycles. The Balaban J connectivity index is 3.01. The highest BCUT2D eigenvalue weighted by atomic mass is 16.6. The molecule has 2 atom stereocenters. The minimum atomic E-state index is -0.648. The van der Waals surface area contributed by atoms with Crippen LogP contribution in [0.3, 0.4) is 0 Å². The lowest BCUT2D eigenvalue weighted by Gasteiger charge is -2.24. The summed E-state index contributed by atoms with van der Waals surface area (Å²) in [6.07, 6.45) is 2.97. The Bertz CT molecular complexity index is 575. The zero-order valence-corrected chi connectivity index (χ0v) is 13.3. The van der Waals surface area contributed by atoms with Crippen LogP contribution in [0.25, 0.3) is 0 Å². The number of ether oxygens (including phenoxy) is 3. The summed E-state index contributed by atoms with van der Waals surface area (Å²) in [6, 6.07) is 3.64. The Morgan fingerprint density at radius 1 is 1.05 bits per heavy atom. The van der Waals surface area contributed by atoms with Gasteiger partial charge in [0.05, 0.1) is 7.11 Å². The molecule has 0 aliphatic carbocycles. The molecule has 4 heteroatoms. The normalized spacial score (nSPS) is 12.7. The van der Waals surface area contributed by atoms with Crippen molar-refractivity contribution in [2.75, 3.05) is 7.11 Å². The van der Waals surface area contributed by atoms with Gasteiger partial charge in [0.2, 0.25) is 0 Å². The van der Waals surface area contributed by atoms with Gasteiger partial charge in [0.25, 0.3) is 0 Å². The highest BCUT2D eigenvalue weighted by Crippen LogP contribution is 2.30. The molecule has 0 spiro atoms. The minimum Gasteiger partial charge on any atom is -0.496 e. The van der Waals surface area contributed by atoms with Crippen LogP contribution in [-0.4, -0.2) is 25.3 Å². The molecular weight excluding hydrogens is 280 g/mol.